The third-order valence-corrected chi connectivity index (χ3v) is 7.83. The highest BCUT2D eigenvalue weighted by Crippen LogP contribution is 2.30. The molecule has 11 heteroatoms. The first-order valence-electron chi connectivity index (χ1n) is 15.4. The summed E-state index contributed by atoms with van der Waals surface area (Å²) in [5, 5.41) is 13.0. The van der Waals surface area contributed by atoms with Crippen molar-refractivity contribution in [2.75, 3.05) is 11.3 Å². The second-order valence-electron chi connectivity index (χ2n) is 12.7. The number of nitrogens with one attached hydrogen (secondary N) is 2. The van der Waals surface area contributed by atoms with Crippen molar-refractivity contribution in [1.29, 1.82) is 0 Å². The van der Waals surface area contributed by atoms with E-state index in [-0.39, 0.29) is 23.1 Å². The number of carbonyl (C=O) groups is 1. The zero-order valence-corrected chi connectivity index (χ0v) is 28.4. The highest BCUT2D eigenvalue weighted by molar-refractivity contribution is 8.00. The van der Waals surface area contributed by atoms with Crippen LogP contribution < -0.4 is 19.5 Å². The fourth-order valence-electron chi connectivity index (χ4n) is 4.73. The van der Waals surface area contributed by atoms with E-state index < -0.39 is 5.97 Å². The van der Waals surface area contributed by atoms with Crippen molar-refractivity contribution in [2.45, 2.75) is 84.9 Å². The lowest BCUT2D eigenvalue weighted by Gasteiger charge is -2.24. The molecule has 0 saturated heterocycles. The van der Waals surface area contributed by atoms with Crippen LogP contribution in [0, 0.1) is 19.3 Å². The van der Waals surface area contributed by atoms with E-state index in [1.807, 2.05) is 32.0 Å². The van der Waals surface area contributed by atoms with E-state index in [1.54, 1.807) is 30.6 Å². The molecule has 0 aliphatic rings. The Bertz CT molecular complexity index is 1590. The number of nitrogens with zero attached hydrogens (tertiary/aromatic N) is 4. The molecule has 0 saturated carbocycles. The van der Waals surface area contributed by atoms with Gasteiger partial charge in [0, 0.05) is 22.6 Å². The first-order chi connectivity index (χ1) is 21.9. The van der Waals surface area contributed by atoms with E-state index in [0.717, 1.165) is 40.1 Å². The summed E-state index contributed by atoms with van der Waals surface area (Å²) in [6.07, 6.45) is 5.33. The number of ether oxygens (including phenoxy) is 2. The van der Waals surface area contributed by atoms with Crippen LogP contribution in [0.2, 0.25) is 0 Å². The van der Waals surface area contributed by atoms with Gasteiger partial charge in [-0.1, -0.05) is 45.0 Å². The van der Waals surface area contributed by atoms with Crippen LogP contribution in [-0.2, 0) is 6.54 Å². The first-order valence-corrected chi connectivity index (χ1v) is 16.2. The fourth-order valence-corrected chi connectivity index (χ4v) is 5.36. The number of aryl methyl sites for hydroxylation is 2. The van der Waals surface area contributed by atoms with Gasteiger partial charge in [-0.2, -0.15) is 4.98 Å². The number of benzene rings is 2. The van der Waals surface area contributed by atoms with Crippen molar-refractivity contribution in [1.82, 2.24) is 25.3 Å². The van der Waals surface area contributed by atoms with E-state index in [2.05, 4.69) is 71.7 Å². The molecule has 1 unspecified atom stereocenters. The summed E-state index contributed by atoms with van der Waals surface area (Å²) >= 11 is 1.24. The van der Waals surface area contributed by atoms with Gasteiger partial charge in [0.2, 0.25) is 11.8 Å². The molecule has 1 atom stereocenters. The smallest absolute Gasteiger partial charge is 0.335 e. The van der Waals surface area contributed by atoms with Crippen molar-refractivity contribution in [2.24, 2.45) is 5.41 Å². The van der Waals surface area contributed by atoms with Crippen molar-refractivity contribution in [3.05, 3.63) is 83.4 Å². The second-order valence-corrected chi connectivity index (χ2v) is 13.6. The number of hydrogen-bond donors (Lipinski definition) is 3. The Morgan fingerprint density at radius 1 is 1.00 bits per heavy atom. The standard InChI is InChI=1S/C35H44N6O4S/c1-22(2)45-27-18-37-30(38-19-27)20-36-26(14-15-35(5,6)7)21-44-31-17-29(32-23(3)10-8-11-24(32)4)39-34(40-31)41-46-28-13-9-12-25(16-28)33(42)43/h8-13,16-19,22,26,36H,14-15,20-21H2,1-7H3,(H,42,43)(H,39,40,41). The van der Waals surface area contributed by atoms with Gasteiger partial charge >= 0.3 is 5.97 Å². The molecule has 4 rings (SSSR count). The maximum absolute atomic E-state index is 11.5. The van der Waals surface area contributed by atoms with E-state index in [1.165, 1.54) is 11.9 Å². The minimum atomic E-state index is -0.982. The average molecular weight is 645 g/mol. The van der Waals surface area contributed by atoms with Crippen LogP contribution in [-0.4, -0.2) is 49.8 Å². The van der Waals surface area contributed by atoms with Gasteiger partial charge in [-0.15, -0.1) is 0 Å². The molecular formula is C35H44N6O4S. The van der Waals surface area contributed by atoms with Gasteiger partial charge in [-0.25, -0.2) is 19.7 Å². The number of aromatic nitrogens is 4. The van der Waals surface area contributed by atoms with Crippen LogP contribution in [0.15, 0.2) is 65.8 Å². The van der Waals surface area contributed by atoms with E-state index in [0.29, 0.717) is 36.6 Å². The van der Waals surface area contributed by atoms with Crippen molar-refractivity contribution < 1.29 is 19.4 Å². The Hall–Kier alpha value is -4.22. The maximum Gasteiger partial charge on any atom is 0.335 e. The van der Waals surface area contributed by atoms with Crippen LogP contribution in [0.5, 0.6) is 11.6 Å². The molecule has 2 aromatic heterocycles. The SMILES string of the molecule is Cc1cccc(C)c1-c1cc(OCC(CCC(C)(C)C)NCc2ncc(OC(C)C)cn2)nc(NSc2cccc(C(=O)O)c2)n1. The van der Waals surface area contributed by atoms with Gasteiger partial charge in [0.15, 0.2) is 5.75 Å². The van der Waals surface area contributed by atoms with Gasteiger partial charge in [0.05, 0.1) is 36.3 Å². The number of carboxylic acids is 1. The summed E-state index contributed by atoms with van der Waals surface area (Å²) in [7, 11) is 0. The molecule has 3 N–H and O–H groups in total. The van der Waals surface area contributed by atoms with Crippen LogP contribution in [0.4, 0.5) is 5.95 Å². The highest BCUT2D eigenvalue weighted by atomic mass is 32.2. The van der Waals surface area contributed by atoms with Gasteiger partial charge in [0.1, 0.15) is 12.4 Å². The molecule has 0 bridgehead atoms. The van der Waals surface area contributed by atoms with Gasteiger partial charge in [0.25, 0.3) is 0 Å². The molecular weight excluding hydrogens is 600 g/mol. The molecule has 0 radical (unpaired) electrons. The lowest BCUT2D eigenvalue weighted by Crippen LogP contribution is -2.35. The molecule has 2 heterocycles. The lowest BCUT2D eigenvalue weighted by molar-refractivity contribution is 0.0696. The quantitative estimate of drug-likeness (QED) is 0.111. The normalized spacial score (nSPS) is 12.2. The van der Waals surface area contributed by atoms with Crippen LogP contribution in [0.3, 0.4) is 0 Å². The van der Waals surface area contributed by atoms with Crippen molar-refractivity contribution in [3.8, 4) is 22.9 Å². The van der Waals surface area contributed by atoms with Crippen LogP contribution >= 0.6 is 11.9 Å². The van der Waals surface area contributed by atoms with E-state index in [4.69, 9.17) is 14.5 Å². The summed E-state index contributed by atoms with van der Waals surface area (Å²) in [5.74, 6) is 1.13. The van der Waals surface area contributed by atoms with Gasteiger partial charge < -0.3 is 19.9 Å². The summed E-state index contributed by atoms with van der Waals surface area (Å²) in [6.45, 7) is 15.6. The van der Waals surface area contributed by atoms with Crippen LogP contribution in [0.25, 0.3) is 11.3 Å². The molecule has 4 aromatic rings. The Morgan fingerprint density at radius 3 is 2.35 bits per heavy atom. The molecule has 0 amide bonds. The number of carboxylic acid groups (broad SMARTS) is 1. The monoisotopic (exact) mass is 644 g/mol. The molecule has 0 fully saturated rings. The third kappa shape index (κ3) is 10.7. The summed E-state index contributed by atoms with van der Waals surface area (Å²) in [6, 6.07) is 14.7. The second kappa shape index (κ2) is 15.9. The first kappa shape index (κ1) is 34.6. The molecule has 10 nitrogen and oxygen atoms in total. The van der Waals surface area contributed by atoms with E-state index in [9.17, 15) is 9.90 Å². The topological polar surface area (TPSA) is 131 Å². The predicted molar refractivity (Wildman–Crippen MR) is 182 cm³/mol. The zero-order valence-electron chi connectivity index (χ0n) is 27.6. The molecule has 244 valence electrons. The maximum atomic E-state index is 11.5. The highest BCUT2D eigenvalue weighted by Gasteiger charge is 2.18. The van der Waals surface area contributed by atoms with Gasteiger partial charge in [-0.05, 0) is 87.2 Å². The Morgan fingerprint density at radius 2 is 1.70 bits per heavy atom. The molecule has 46 heavy (non-hydrogen) atoms. The average Bonchev–Trinajstić information content (AvgIpc) is 2.99. The summed E-state index contributed by atoms with van der Waals surface area (Å²) in [5.41, 5.74) is 4.29. The Balaban J connectivity index is 1.54. The lowest BCUT2D eigenvalue weighted by atomic mass is 9.89. The molecule has 0 aliphatic heterocycles. The zero-order chi connectivity index (χ0) is 33.3. The Labute approximate surface area is 275 Å². The number of rotatable bonds is 15. The summed E-state index contributed by atoms with van der Waals surface area (Å²) in [4.78, 5) is 30.6. The largest absolute Gasteiger partial charge is 0.488 e. The van der Waals surface area contributed by atoms with Crippen LogP contribution in [0.1, 0.15) is 74.8 Å². The van der Waals surface area contributed by atoms with E-state index >= 15 is 0 Å². The number of aromatic carboxylic acids is 1. The van der Waals surface area contributed by atoms with Crippen molar-refractivity contribution in [3.63, 3.8) is 0 Å². The molecule has 0 spiro atoms. The molecule has 0 aliphatic carbocycles. The predicted octanol–water partition coefficient (Wildman–Crippen LogP) is 7.52. The molecule has 2 aromatic carbocycles. The minimum absolute atomic E-state index is 0.0116. The Kier molecular flexibility index (Phi) is 11.9. The minimum Gasteiger partial charge on any atom is -0.488 e. The van der Waals surface area contributed by atoms with Crippen molar-refractivity contribution >= 4 is 23.9 Å². The fraction of sp³-hybridized carbons (Fsp3) is 0.400. The number of hydrogen-bond acceptors (Lipinski definition) is 10. The third-order valence-electron chi connectivity index (χ3n) is 7.06. The number of anilines is 1. The van der Waals surface area contributed by atoms with Gasteiger partial charge in [-0.3, -0.25) is 4.72 Å². The summed E-state index contributed by atoms with van der Waals surface area (Å²) < 4.78 is 15.2.